The Labute approximate surface area is 389 Å². The molecule has 0 bridgehead atoms. The Balaban J connectivity index is 1.13. The van der Waals surface area contributed by atoms with Gasteiger partial charge in [-0.2, -0.15) is 0 Å². The first-order valence-electron chi connectivity index (χ1n) is 22.1. The zero-order valence-electron chi connectivity index (χ0n) is 38.2. The number of anilines is 1. The predicted molar refractivity (Wildman–Crippen MR) is 245 cm³/mol. The maximum atomic E-state index is 13.3. The van der Waals surface area contributed by atoms with Crippen LogP contribution >= 0.6 is 0 Å². The number of alkyl carbamates (subject to hydrolysis) is 1. The van der Waals surface area contributed by atoms with E-state index in [-0.39, 0.29) is 90.9 Å². The highest BCUT2D eigenvalue weighted by molar-refractivity contribution is 5.98. The van der Waals surface area contributed by atoms with E-state index < -0.39 is 72.6 Å². The van der Waals surface area contributed by atoms with Crippen LogP contribution in [0.1, 0.15) is 69.1 Å². The first kappa shape index (κ1) is 53.0. The molecule has 364 valence electrons. The van der Waals surface area contributed by atoms with Crippen molar-refractivity contribution in [1.82, 2.24) is 26.6 Å². The Kier molecular flexibility index (Phi) is 22.0. The number of nitrogens with two attached hydrogens (primary N) is 1. The molecule has 20 nitrogen and oxygen atoms in total. The first-order valence-corrected chi connectivity index (χ1v) is 22.1. The maximum Gasteiger partial charge on any atom is 0.407 e. The fourth-order valence-electron chi connectivity index (χ4n) is 6.88. The predicted octanol–water partition coefficient (Wildman–Crippen LogP) is 2.36. The zero-order chi connectivity index (χ0) is 48.6. The molecule has 0 saturated carbocycles. The third kappa shape index (κ3) is 19.4. The van der Waals surface area contributed by atoms with E-state index in [4.69, 9.17) is 29.4 Å². The van der Waals surface area contributed by atoms with Crippen molar-refractivity contribution < 1.29 is 62.4 Å². The van der Waals surface area contributed by atoms with Gasteiger partial charge in [0, 0.05) is 31.1 Å². The monoisotopic (exact) mass is 933 g/mol. The van der Waals surface area contributed by atoms with Crippen LogP contribution < -0.4 is 37.6 Å². The summed E-state index contributed by atoms with van der Waals surface area (Å²) in [5, 5.41) is 24.6. The van der Waals surface area contributed by atoms with Gasteiger partial charge in [0.1, 0.15) is 30.9 Å². The van der Waals surface area contributed by atoms with Crippen LogP contribution in [0.4, 0.5) is 15.3 Å². The van der Waals surface area contributed by atoms with Gasteiger partial charge in [0.25, 0.3) is 0 Å². The van der Waals surface area contributed by atoms with Crippen molar-refractivity contribution in [3.05, 3.63) is 89.5 Å². The molecule has 0 saturated heterocycles. The third-order valence-electron chi connectivity index (χ3n) is 9.99. The Morgan fingerprint density at radius 1 is 0.687 bits per heavy atom. The number of aliphatic hydroxyl groups is 1. The normalized spacial score (nSPS) is 12.7. The van der Waals surface area contributed by atoms with Crippen LogP contribution in [0.2, 0.25) is 0 Å². The second-order valence-electron chi connectivity index (χ2n) is 16.4. The number of primary amides is 1. The molecule has 4 rings (SSSR count). The van der Waals surface area contributed by atoms with Crippen LogP contribution in [-0.2, 0) is 54.3 Å². The highest BCUT2D eigenvalue weighted by atomic mass is 16.6. The second-order valence-corrected chi connectivity index (χ2v) is 16.4. The van der Waals surface area contributed by atoms with Gasteiger partial charge >= 0.3 is 18.1 Å². The van der Waals surface area contributed by atoms with E-state index in [0.29, 0.717) is 11.3 Å². The quantitative estimate of drug-likeness (QED) is 0.0384. The standard InChI is InChI=1S/C47H63N7O13/c1-47(2,3)67-42(58)19-18-39(43(59)51-27-40(56)53-38(13-8-20-49-45(48)61)44(60)52-32-16-14-31(28-55)15-17-32)54-41(57)30-65-26-25-64-24-23-63-22-21-50-46(62)66-29-37-35-11-6-4-9-33(35)34-10-5-7-12-36(34)37/h4-7,9-12,14-17,37-39,55H,8,13,18-30H2,1-3H3,(H,50,62)(H,51,59)(H,52,60)(H,53,56)(H,54,57)(H3,48,49,61)/t38-,39-/m0/s1. The van der Waals surface area contributed by atoms with E-state index in [2.05, 4.69) is 56.2 Å². The molecule has 9 N–H and O–H groups in total. The summed E-state index contributed by atoms with van der Waals surface area (Å²) < 4.78 is 27.3. The molecule has 0 aliphatic heterocycles. The van der Waals surface area contributed by atoms with Crippen LogP contribution in [0, 0.1) is 0 Å². The van der Waals surface area contributed by atoms with Crippen molar-refractivity contribution in [3.63, 3.8) is 0 Å². The van der Waals surface area contributed by atoms with Crippen LogP contribution in [-0.4, -0.2) is 130 Å². The smallest absolute Gasteiger partial charge is 0.407 e. The number of amides is 7. The van der Waals surface area contributed by atoms with E-state index in [0.717, 1.165) is 22.3 Å². The zero-order valence-corrected chi connectivity index (χ0v) is 38.2. The lowest BCUT2D eigenvalue weighted by atomic mass is 9.98. The summed E-state index contributed by atoms with van der Waals surface area (Å²) in [5.41, 5.74) is 9.92. The van der Waals surface area contributed by atoms with Crippen LogP contribution in [0.5, 0.6) is 0 Å². The van der Waals surface area contributed by atoms with Crippen LogP contribution in [0.3, 0.4) is 0 Å². The summed E-state index contributed by atoms with van der Waals surface area (Å²) in [5.74, 6) is -3.40. The average molecular weight is 934 g/mol. The van der Waals surface area contributed by atoms with Crippen molar-refractivity contribution in [1.29, 1.82) is 0 Å². The molecule has 67 heavy (non-hydrogen) atoms. The fraction of sp³-hybridized carbons (Fsp3) is 0.468. The molecule has 0 fully saturated rings. The lowest BCUT2D eigenvalue weighted by molar-refractivity contribution is -0.155. The third-order valence-corrected chi connectivity index (χ3v) is 9.99. The van der Waals surface area contributed by atoms with Crippen molar-refractivity contribution >= 4 is 47.4 Å². The number of ether oxygens (including phenoxy) is 5. The number of esters is 1. The minimum atomic E-state index is -1.26. The molecule has 3 aromatic carbocycles. The summed E-state index contributed by atoms with van der Waals surface area (Å²) in [6.45, 7) is 5.29. The molecular formula is C47H63N7O13. The number of aliphatic hydroxyl groups excluding tert-OH is 1. The summed E-state index contributed by atoms with van der Waals surface area (Å²) >= 11 is 0. The molecule has 2 atom stereocenters. The van der Waals surface area contributed by atoms with Gasteiger partial charge in [-0.05, 0) is 80.0 Å². The molecule has 20 heteroatoms. The van der Waals surface area contributed by atoms with Crippen molar-refractivity contribution in [2.75, 3.05) is 71.2 Å². The molecular weight excluding hydrogens is 871 g/mol. The van der Waals surface area contributed by atoms with E-state index in [1.165, 1.54) is 0 Å². The van der Waals surface area contributed by atoms with E-state index in [1.54, 1.807) is 45.0 Å². The molecule has 1 aliphatic carbocycles. The number of nitrogens with one attached hydrogen (secondary N) is 6. The number of hydrogen-bond acceptors (Lipinski definition) is 13. The Morgan fingerprint density at radius 3 is 1.91 bits per heavy atom. The number of hydrogen-bond donors (Lipinski definition) is 8. The highest BCUT2D eigenvalue weighted by Gasteiger charge is 2.29. The number of rotatable bonds is 28. The van der Waals surface area contributed by atoms with E-state index >= 15 is 0 Å². The molecule has 1 aliphatic rings. The summed E-state index contributed by atoms with van der Waals surface area (Å²) in [4.78, 5) is 88.3. The largest absolute Gasteiger partial charge is 0.460 e. The topological polar surface area (TPSA) is 284 Å². The van der Waals surface area contributed by atoms with Crippen molar-refractivity contribution in [2.24, 2.45) is 5.73 Å². The van der Waals surface area contributed by atoms with E-state index in [1.807, 2.05) is 24.3 Å². The molecule has 0 aromatic heterocycles. The highest BCUT2D eigenvalue weighted by Crippen LogP contribution is 2.44. The number of urea groups is 1. The van der Waals surface area contributed by atoms with Gasteiger partial charge in [0.2, 0.25) is 23.6 Å². The number of carbonyl (C=O) groups is 7. The van der Waals surface area contributed by atoms with Crippen molar-refractivity contribution in [3.8, 4) is 11.1 Å². The Hall–Kier alpha value is -6.61. The molecule has 0 radical (unpaired) electrons. The average Bonchev–Trinajstić information content (AvgIpc) is 3.61. The first-order chi connectivity index (χ1) is 32.1. The molecule has 0 spiro atoms. The second kappa shape index (κ2) is 27.8. The van der Waals surface area contributed by atoms with Gasteiger partial charge < -0.3 is 66.4 Å². The number of benzene rings is 3. The summed E-state index contributed by atoms with van der Waals surface area (Å²) in [7, 11) is 0. The fourth-order valence-corrected chi connectivity index (χ4v) is 6.88. The number of fused-ring (bicyclic) bond motifs is 3. The molecule has 0 unspecified atom stereocenters. The minimum Gasteiger partial charge on any atom is -0.460 e. The maximum absolute atomic E-state index is 13.3. The Bertz CT molecular complexity index is 2070. The Morgan fingerprint density at radius 2 is 1.28 bits per heavy atom. The SMILES string of the molecule is CC(C)(C)OC(=O)CC[C@H](NC(=O)COCCOCCOCCNC(=O)OCC1c2ccccc2-c2ccccc21)C(=O)NCC(=O)N[C@@H](CCCNC(N)=O)C(=O)Nc1ccc(CO)cc1. The molecule has 0 heterocycles. The lowest BCUT2D eigenvalue weighted by Crippen LogP contribution is -2.52. The molecule has 7 amide bonds. The summed E-state index contributed by atoms with van der Waals surface area (Å²) in [6.07, 6.45) is -0.567. The van der Waals surface area contributed by atoms with Gasteiger partial charge in [0.15, 0.2) is 0 Å². The minimum absolute atomic E-state index is 0.0347. The van der Waals surface area contributed by atoms with Crippen LogP contribution in [0.25, 0.3) is 11.1 Å². The lowest BCUT2D eigenvalue weighted by Gasteiger charge is -2.22. The van der Waals surface area contributed by atoms with Gasteiger partial charge in [0.05, 0.1) is 46.2 Å². The molecule has 3 aromatic rings. The van der Waals surface area contributed by atoms with Gasteiger partial charge in [-0.1, -0.05) is 60.7 Å². The van der Waals surface area contributed by atoms with Gasteiger partial charge in [-0.25, -0.2) is 9.59 Å². The summed E-state index contributed by atoms with van der Waals surface area (Å²) in [6, 6.07) is 19.5. The van der Waals surface area contributed by atoms with Crippen LogP contribution in [0.15, 0.2) is 72.8 Å². The van der Waals surface area contributed by atoms with Gasteiger partial charge in [-0.3, -0.25) is 24.0 Å². The van der Waals surface area contributed by atoms with Crippen molar-refractivity contribution in [2.45, 2.75) is 76.7 Å². The van der Waals surface area contributed by atoms with Gasteiger partial charge in [-0.15, -0.1) is 0 Å². The number of carbonyl (C=O) groups excluding carboxylic acids is 7. The van der Waals surface area contributed by atoms with E-state index in [9.17, 15) is 38.7 Å².